The summed E-state index contributed by atoms with van der Waals surface area (Å²) in [7, 11) is 0. The van der Waals surface area contributed by atoms with Crippen LogP contribution in [0.3, 0.4) is 0 Å². The van der Waals surface area contributed by atoms with Crippen molar-refractivity contribution in [2.45, 2.75) is 26.2 Å². The molecule has 2 aliphatic rings. The van der Waals surface area contributed by atoms with Crippen molar-refractivity contribution in [3.8, 4) is 5.75 Å². The van der Waals surface area contributed by atoms with E-state index in [4.69, 9.17) is 0 Å². The number of carbonyl (C=O) groups is 2. The largest absolute Gasteiger partial charge is 0.508 e. The van der Waals surface area contributed by atoms with Crippen LogP contribution in [0.5, 0.6) is 5.75 Å². The average Bonchev–Trinajstić information content (AvgIpc) is 2.65. The van der Waals surface area contributed by atoms with Gasteiger partial charge in [0.1, 0.15) is 5.75 Å². The maximum absolute atomic E-state index is 12.5. The van der Waals surface area contributed by atoms with Gasteiger partial charge in [0.2, 0.25) is 11.8 Å². The number of phenols is 1. The first-order valence-electron chi connectivity index (χ1n) is 6.76. The summed E-state index contributed by atoms with van der Waals surface area (Å²) in [6.45, 7) is 2.06. The first-order chi connectivity index (χ1) is 9.09. The van der Waals surface area contributed by atoms with Gasteiger partial charge in [-0.2, -0.15) is 0 Å². The quantitative estimate of drug-likeness (QED) is 0.787. The van der Waals surface area contributed by atoms with Gasteiger partial charge in [0.15, 0.2) is 0 Å². The van der Waals surface area contributed by atoms with E-state index < -0.39 is 0 Å². The second-order valence-electron chi connectivity index (χ2n) is 5.57. The van der Waals surface area contributed by atoms with Crippen LogP contribution in [0.4, 0.5) is 5.69 Å². The normalized spacial score (nSPS) is 30.6. The summed E-state index contributed by atoms with van der Waals surface area (Å²) in [5, 5.41) is 9.29. The lowest BCUT2D eigenvalue weighted by Gasteiger charge is -2.27. The van der Waals surface area contributed by atoms with E-state index in [9.17, 15) is 14.7 Å². The summed E-state index contributed by atoms with van der Waals surface area (Å²) in [5.74, 6) is -0.0498. The fraction of sp³-hybridized carbons (Fsp3) is 0.467. The Kier molecular flexibility index (Phi) is 2.81. The van der Waals surface area contributed by atoms with Gasteiger partial charge in [-0.1, -0.05) is 13.3 Å². The van der Waals surface area contributed by atoms with Crippen LogP contribution < -0.4 is 4.90 Å². The minimum atomic E-state index is -0.157. The van der Waals surface area contributed by atoms with Crippen LogP contribution in [0.25, 0.3) is 0 Å². The number of amides is 2. The number of hydrogen-bond acceptors (Lipinski definition) is 3. The molecule has 1 aliphatic carbocycles. The third-order valence-electron chi connectivity index (χ3n) is 4.37. The highest BCUT2D eigenvalue weighted by atomic mass is 16.3. The number of benzene rings is 1. The van der Waals surface area contributed by atoms with E-state index in [0.29, 0.717) is 5.69 Å². The monoisotopic (exact) mass is 259 g/mol. The lowest BCUT2D eigenvalue weighted by Crippen LogP contribution is -2.31. The third-order valence-corrected chi connectivity index (χ3v) is 4.37. The Hall–Kier alpha value is -1.84. The topological polar surface area (TPSA) is 57.6 Å². The molecule has 0 bridgehead atoms. The number of rotatable bonds is 1. The van der Waals surface area contributed by atoms with E-state index in [1.807, 2.05) is 0 Å². The molecule has 1 saturated carbocycles. The molecule has 3 atom stereocenters. The van der Waals surface area contributed by atoms with Gasteiger partial charge in [-0.25, -0.2) is 0 Å². The van der Waals surface area contributed by atoms with Crippen LogP contribution >= 0.6 is 0 Å². The number of anilines is 1. The van der Waals surface area contributed by atoms with Gasteiger partial charge < -0.3 is 5.11 Å². The Morgan fingerprint density at radius 3 is 2.42 bits per heavy atom. The standard InChI is InChI=1S/C15H17NO3/c1-9-3-2-4-12-13(9)15(19)16(14(12)18)10-5-7-11(17)8-6-10/h5-9,12-13,17H,2-4H2,1H3. The minimum Gasteiger partial charge on any atom is -0.508 e. The van der Waals surface area contributed by atoms with Crippen molar-refractivity contribution >= 4 is 17.5 Å². The van der Waals surface area contributed by atoms with Crippen molar-refractivity contribution in [2.24, 2.45) is 17.8 Å². The van der Waals surface area contributed by atoms with Crippen molar-refractivity contribution < 1.29 is 14.7 Å². The van der Waals surface area contributed by atoms with Gasteiger partial charge in [-0.15, -0.1) is 0 Å². The van der Waals surface area contributed by atoms with Crippen molar-refractivity contribution in [2.75, 3.05) is 4.90 Å². The summed E-state index contributed by atoms with van der Waals surface area (Å²) in [4.78, 5) is 26.2. The van der Waals surface area contributed by atoms with Gasteiger partial charge in [-0.3, -0.25) is 14.5 Å². The molecule has 1 aromatic rings. The molecular formula is C15H17NO3. The molecule has 0 spiro atoms. The van der Waals surface area contributed by atoms with Crippen LogP contribution in [-0.2, 0) is 9.59 Å². The lowest BCUT2D eigenvalue weighted by atomic mass is 9.74. The number of nitrogens with zero attached hydrogens (tertiary/aromatic N) is 1. The van der Waals surface area contributed by atoms with Gasteiger partial charge >= 0.3 is 0 Å². The molecule has 3 unspecified atom stereocenters. The van der Waals surface area contributed by atoms with E-state index in [0.717, 1.165) is 19.3 Å². The molecule has 4 nitrogen and oxygen atoms in total. The van der Waals surface area contributed by atoms with Gasteiger partial charge in [0, 0.05) is 0 Å². The number of aromatic hydroxyl groups is 1. The molecule has 0 radical (unpaired) electrons. The highest BCUT2D eigenvalue weighted by Crippen LogP contribution is 2.43. The zero-order valence-electron chi connectivity index (χ0n) is 10.9. The third kappa shape index (κ3) is 1.82. The SMILES string of the molecule is CC1CCCC2C(=O)N(c3ccc(O)cc3)C(=O)C12. The maximum atomic E-state index is 12.5. The lowest BCUT2D eigenvalue weighted by molar-refractivity contribution is -0.123. The molecule has 0 aromatic heterocycles. The van der Waals surface area contributed by atoms with E-state index in [2.05, 4.69) is 6.92 Å². The van der Waals surface area contributed by atoms with E-state index in [1.165, 1.54) is 17.0 Å². The molecule has 2 fully saturated rings. The van der Waals surface area contributed by atoms with E-state index >= 15 is 0 Å². The number of phenolic OH excluding ortho intramolecular Hbond substituents is 1. The second kappa shape index (κ2) is 4.37. The summed E-state index contributed by atoms with van der Waals surface area (Å²) in [6, 6.07) is 6.24. The summed E-state index contributed by atoms with van der Waals surface area (Å²) in [5.41, 5.74) is 0.564. The zero-order chi connectivity index (χ0) is 13.6. The number of hydrogen-bond donors (Lipinski definition) is 1. The smallest absolute Gasteiger partial charge is 0.237 e. The van der Waals surface area contributed by atoms with Crippen LogP contribution in [0, 0.1) is 17.8 Å². The summed E-state index contributed by atoms with van der Waals surface area (Å²) < 4.78 is 0. The van der Waals surface area contributed by atoms with Crippen molar-refractivity contribution in [1.82, 2.24) is 0 Å². The molecule has 1 aromatic carbocycles. The Balaban J connectivity index is 1.97. The Labute approximate surface area is 112 Å². The Morgan fingerprint density at radius 1 is 1.11 bits per heavy atom. The molecule has 4 heteroatoms. The summed E-state index contributed by atoms with van der Waals surface area (Å²) in [6.07, 6.45) is 2.85. The average molecular weight is 259 g/mol. The predicted molar refractivity (Wildman–Crippen MR) is 70.6 cm³/mol. The fourth-order valence-corrected chi connectivity index (χ4v) is 3.39. The number of imide groups is 1. The van der Waals surface area contributed by atoms with Crippen LogP contribution in [0.15, 0.2) is 24.3 Å². The molecule has 1 saturated heterocycles. The van der Waals surface area contributed by atoms with E-state index in [1.54, 1.807) is 12.1 Å². The molecule has 1 N–H and O–H groups in total. The highest BCUT2D eigenvalue weighted by Gasteiger charge is 2.51. The minimum absolute atomic E-state index is 0.0760. The van der Waals surface area contributed by atoms with Gasteiger partial charge in [0.05, 0.1) is 17.5 Å². The first-order valence-corrected chi connectivity index (χ1v) is 6.76. The second-order valence-corrected chi connectivity index (χ2v) is 5.57. The number of fused-ring (bicyclic) bond motifs is 1. The zero-order valence-corrected chi connectivity index (χ0v) is 10.9. The van der Waals surface area contributed by atoms with Crippen LogP contribution in [0.2, 0.25) is 0 Å². The molecule has 1 aliphatic heterocycles. The summed E-state index contributed by atoms with van der Waals surface area (Å²) >= 11 is 0. The maximum Gasteiger partial charge on any atom is 0.237 e. The highest BCUT2D eigenvalue weighted by molar-refractivity contribution is 6.22. The molecular weight excluding hydrogens is 242 g/mol. The van der Waals surface area contributed by atoms with Gasteiger partial charge in [-0.05, 0) is 43.0 Å². The van der Waals surface area contributed by atoms with Gasteiger partial charge in [0.25, 0.3) is 0 Å². The predicted octanol–water partition coefficient (Wildman–Crippen LogP) is 2.32. The van der Waals surface area contributed by atoms with Crippen molar-refractivity contribution in [3.05, 3.63) is 24.3 Å². The molecule has 100 valence electrons. The van der Waals surface area contributed by atoms with Crippen LogP contribution in [-0.4, -0.2) is 16.9 Å². The Morgan fingerprint density at radius 2 is 1.79 bits per heavy atom. The molecule has 19 heavy (non-hydrogen) atoms. The van der Waals surface area contributed by atoms with Crippen molar-refractivity contribution in [1.29, 1.82) is 0 Å². The first kappa shape index (κ1) is 12.2. The molecule has 1 heterocycles. The van der Waals surface area contributed by atoms with Crippen molar-refractivity contribution in [3.63, 3.8) is 0 Å². The van der Waals surface area contributed by atoms with E-state index in [-0.39, 0.29) is 35.3 Å². The fourth-order valence-electron chi connectivity index (χ4n) is 3.39. The molecule has 3 rings (SSSR count). The molecule has 2 amide bonds. The Bertz CT molecular complexity index is 523. The van der Waals surface area contributed by atoms with Crippen LogP contribution in [0.1, 0.15) is 26.2 Å². The number of carbonyl (C=O) groups excluding carboxylic acids is 2.